The standard InChI is InChI=1S/C15H13Cl2N3O2/c16-10-3-1-2-9(13(10)17)14(15(21)22)20-7-4-11-12(8-20)19-6-5-18-11/h1-3,5-6,14H,4,7-8H2,(H,21,22). The van der Waals surface area contributed by atoms with Crippen molar-refractivity contribution in [3.63, 3.8) is 0 Å². The summed E-state index contributed by atoms with van der Waals surface area (Å²) in [5, 5.41) is 10.3. The van der Waals surface area contributed by atoms with Crippen molar-refractivity contribution in [2.75, 3.05) is 6.54 Å². The number of carboxylic acids is 1. The molecule has 2 aromatic rings. The van der Waals surface area contributed by atoms with Crippen LogP contribution in [0.4, 0.5) is 0 Å². The second-order valence-electron chi connectivity index (χ2n) is 5.05. The van der Waals surface area contributed by atoms with E-state index in [2.05, 4.69) is 9.97 Å². The number of hydrogen-bond donors (Lipinski definition) is 1. The molecule has 0 spiro atoms. The second-order valence-corrected chi connectivity index (χ2v) is 5.84. The van der Waals surface area contributed by atoms with Crippen LogP contribution in [0.25, 0.3) is 0 Å². The van der Waals surface area contributed by atoms with E-state index in [9.17, 15) is 9.90 Å². The topological polar surface area (TPSA) is 66.3 Å². The van der Waals surface area contributed by atoms with Gasteiger partial charge in [0, 0.05) is 37.5 Å². The Morgan fingerprint density at radius 1 is 1.23 bits per heavy atom. The third-order valence-electron chi connectivity index (χ3n) is 3.72. The molecule has 1 aromatic heterocycles. The largest absolute Gasteiger partial charge is 0.480 e. The summed E-state index contributed by atoms with van der Waals surface area (Å²) in [5.74, 6) is -0.962. The van der Waals surface area contributed by atoms with E-state index in [0.717, 1.165) is 11.4 Å². The molecular formula is C15H13Cl2N3O2. The number of nitrogens with zero attached hydrogens (tertiary/aromatic N) is 3. The van der Waals surface area contributed by atoms with Gasteiger partial charge in [0.15, 0.2) is 0 Å². The number of halogens is 2. The van der Waals surface area contributed by atoms with Crippen molar-refractivity contribution in [1.29, 1.82) is 0 Å². The summed E-state index contributed by atoms with van der Waals surface area (Å²) < 4.78 is 0. The molecule has 2 heterocycles. The fourth-order valence-corrected chi connectivity index (χ4v) is 3.11. The van der Waals surface area contributed by atoms with Gasteiger partial charge >= 0.3 is 5.97 Å². The first-order chi connectivity index (χ1) is 10.6. The highest BCUT2D eigenvalue weighted by Crippen LogP contribution is 2.34. The van der Waals surface area contributed by atoms with Crippen LogP contribution in [0.1, 0.15) is 23.0 Å². The maximum Gasteiger partial charge on any atom is 0.325 e. The number of aromatic nitrogens is 2. The Morgan fingerprint density at radius 2 is 1.95 bits per heavy atom. The van der Waals surface area contributed by atoms with Gasteiger partial charge < -0.3 is 5.11 Å². The molecule has 0 aliphatic carbocycles. The lowest BCUT2D eigenvalue weighted by atomic mass is 10.0. The summed E-state index contributed by atoms with van der Waals surface area (Å²) in [5.41, 5.74) is 2.22. The average molecular weight is 338 g/mol. The molecule has 0 saturated carbocycles. The van der Waals surface area contributed by atoms with Crippen LogP contribution >= 0.6 is 23.2 Å². The second kappa shape index (κ2) is 6.20. The first-order valence-electron chi connectivity index (χ1n) is 6.77. The molecule has 3 rings (SSSR count). The van der Waals surface area contributed by atoms with Crippen molar-refractivity contribution < 1.29 is 9.90 Å². The Hall–Kier alpha value is -1.69. The van der Waals surface area contributed by atoms with Crippen LogP contribution in [0.5, 0.6) is 0 Å². The molecule has 22 heavy (non-hydrogen) atoms. The van der Waals surface area contributed by atoms with Gasteiger partial charge in [-0.15, -0.1) is 0 Å². The van der Waals surface area contributed by atoms with Crippen molar-refractivity contribution in [2.24, 2.45) is 0 Å². The van der Waals surface area contributed by atoms with Gasteiger partial charge in [-0.2, -0.15) is 0 Å². The molecule has 1 aliphatic heterocycles. The number of carbonyl (C=O) groups is 1. The molecule has 0 bridgehead atoms. The van der Waals surface area contributed by atoms with Crippen LogP contribution in [0.2, 0.25) is 10.0 Å². The fraction of sp³-hybridized carbons (Fsp3) is 0.267. The lowest BCUT2D eigenvalue weighted by Crippen LogP contribution is -2.38. The number of fused-ring (bicyclic) bond motifs is 1. The first-order valence-corrected chi connectivity index (χ1v) is 7.53. The van der Waals surface area contributed by atoms with Crippen molar-refractivity contribution >= 4 is 29.2 Å². The molecular weight excluding hydrogens is 325 g/mol. The lowest BCUT2D eigenvalue weighted by molar-refractivity contribution is -0.144. The molecule has 0 amide bonds. The smallest absolute Gasteiger partial charge is 0.325 e. The Bertz CT molecular complexity index is 724. The van der Waals surface area contributed by atoms with E-state index >= 15 is 0 Å². The van der Waals surface area contributed by atoms with Gasteiger partial charge in [-0.25, -0.2) is 0 Å². The molecule has 1 aliphatic rings. The Kier molecular flexibility index (Phi) is 4.29. The van der Waals surface area contributed by atoms with Crippen molar-refractivity contribution in [2.45, 2.75) is 19.0 Å². The van der Waals surface area contributed by atoms with Crippen LogP contribution in [-0.2, 0) is 17.8 Å². The fourth-order valence-electron chi connectivity index (χ4n) is 2.70. The highest BCUT2D eigenvalue weighted by Gasteiger charge is 2.32. The highest BCUT2D eigenvalue weighted by molar-refractivity contribution is 6.42. The highest BCUT2D eigenvalue weighted by atomic mass is 35.5. The van der Waals surface area contributed by atoms with E-state index in [-0.39, 0.29) is 5.02 Å². The maximum absolute atomic E-state index is 11.8. The third-order valence-corrected chi connectivity index (χ3v) is 4.56. The SMILES string of the molecule is O=C(O)C(c1cccc(Cl)c1Cl)N1CCc2nccnc2C1. The van der Waals surface area contributed by atoms with E-state index in [1.807, 2.05) is 4.90 Å². The van der Waals surface area contributed by atoms with Crippen molar-refractivity contribution in [3.05, 3.63) is 57.6 Å². The molecule has 0 saturated heterocycles. The summed E-state index contributed by atoms with van der Waals surface area (Å²) >= 11 is 12.2. The lowest BCUT2D eigenvalue weighted by Gasteiger charge is -2.32. The molecule has 5 nitrogen and oxygen atoms in total. The summed E-state index contributed by atoms with van der Waals surface area (Å²) in [6, 6.07) is 4.18. The molecule has 0 radical (unpaired) electrons. The number of benzene rings is 1. The summed E-state index contributed by atoms with van der Waals surface area (Å²) in [6.07, 6.45) is 3.92. The minimum absolute atomic E-state index is 0.279. The Labute approximate surface area is 137 Å². The van der Waals surface area contributed by atoms with Crippen LogP contribution in [-0.4, -0.2) is 32.5 Å². The predicted molar refractivity (Wildman–Crippen MR) is 83.0 cm³/mol. The molecule has 114 valence electrons. The van der Waals surface area contributed by atoms with Crippen LogP contribution in [0.3, 0.4) is 0 Å². The number of rotatable bonds is 3. The molecule has 1 atom stereocenters. The average Bonchev–Trinajstić information content (AvgIpc) is 2.51. The van der Waals surface area contributed by atoms with Gasteiger partial charge in [-0.05, 0) is 6.07 Å². The molecule has 0 fully saturated rings. The van der Waals surface area contributed by atoms with Crippen LogP contribution in [0, 0.1) is 0 Å². The number of carboxylic acid groups (broad SMARTS) is 1. The normalized spacial score (nSPS) is 16.1. The van der Waals surface area contributed by atoms with E-state index in [4.69, 9.17) is 23.2 Å². The zero-order valence-corrected chi connectivity index (χ0v) is 13.1. The van der Waals surface area contributed by atoms with E-state index < -0.39 is 12.0 Å². The molecule has 1 aromatic carbocycles. The van der Waals surface area contributed by atoms with Crippen LogP contribution < -0.4 is 0 Å². The first kappa shape index (κ1) is 15.2. The van der Waals surface area contributed by atoms with Gasteiger partial charge in [0.2, 0.25) is 0 Å². The number of aliphatic carboxylic acids is 1. The van der Waals surface area contributed by atoms with Gasteiger partial charge in [-0.1, -0.05) is 35.3 Å². The van der Waals surface area contributed by atoms with Crippen molar-refractivity contribution in [1.82, 2.24) is 14.9 Å². The summed E-state index contributed by atoms with van der Waals surface area (Å²) in [7, 11) is 0. The zero-order valence-electron chi connectivity index (χ0n) is 11.5. The predicted octanol–water partition coefficient (Wildman–Crippen LogP) is 2.97. The van der Waals surface area contributed by atoms with E-state index in [0.29, 0.717) is 30.1 Å². The van der Waals surface area contributed by atoms with Crippen LogP contribution in [0.15, 0.2) is 30.6 Å². The molecule has 7 heteroatoms. The van der Waals surface area contributed by atoms with Gasteiger partial charge in [-0.3, -0.25) is 19.7 Å². The monoisotopic (exact) mass is 337 g/mol. The molecule has 1 unspecified atom stereocenters. The van der Waals surface area contributed by atoms with Crippen molar-refractivity contribution in [3.8, 4) is 0 Å². The van der Waals surface area contributed by atoms with E-state index in [1.165, 1.54) is 0 Å². The third kappa shape index (κ3) is 2.79. The van der Waals surface area contributed by atoms with E-state index in [1.54, 1.807) is 30.6 Å². The summed E-state index contributed by atoms with van der Waals surface area (Å²) in [4.78, 5) is 22.2. The summed E-state index contributed by atoms with van der Waals surface area (Å²) in [6.45, 7) is 0.995. The minimum Gasteiger partial charge on any atom is -0.480 e. The molecule has 1 N–H and O–H groups in total. The van der Waals surface area contributed by atoms with Gasteiger partial charge in [0.05, 0.1) is 21.4 Å². The van der Waals surface area contributed by atoms with Gasteiger partial charge in [0.1, 0.15) is 6.04 Å². The minimum atomic E-state index is -0.962. The van der Waals surface area contributed by atoms with Gasteiger partial charge in [0.25, 0.3) is 0 Å². The Morgan fingerprint density at radius 3 is 2.68 bits per heavy atom. The Balaban J connectivity index is 1.96. The zero-order chi connectivity index (χ0) is 15.7. The number of hydrogen-bond acceptors (Lipinski definition) is 4. The quantitative estimate of drug-likeness (QED) is 0.932. The maximum atomic E-state index is 11.8.